The van der Waals surface area contributed by atoms with Crippen LogP contribution < -0.4 is 5.32 Å². The summed E-state index contributed by atoms with van der Waals surface area (Å²) in [4.78, 5) is 36.7. The maximum atomic E-state index is 12.1. The van der Waals surface area contributed by atoms with Crippen LogP contribution in [0.5, 0.6) is 0 Å². The van der Waals surface area contributed by atoms with E-state index in [4.69, 9.17) is 5.11 Å². The first-order valence-corrected chi connectivity index (χ1v) is 6.50. The summed E-state index contributed by atoms with van der Waals surface area (Å²) >= 11 is 0. The van der Waals surface area contributed by atoms with E-state index in [2.05, 4.69) is 10.1 Å². The number of carboxylic acids is 1. The van der Waals surface area contributed by atoms with Crippen molar-refractivity contribution in [1.29, 1.82) is 0 Å². The van der Waals surface area contributed by atoms with E-state index in [9.17, 15) is 14.4 Å². The Hall–Kier alpha value is -1.99. The van der Waals surface area contributed by atoms with Gasteiger partial charge in [0.05, 0.1) is 13.2 Å². The maximum absolute atomic E-state index is 12.1. The molecule has 1 rings (SSSR count). The van der Waals surface area contributed by atoms with E-state index in [1.807, 2.05) is 0 Å². The number of likely N-dealkylation sites (tertiary alicyclic amines) is 1. The highest BCUT2D eigenvalue weighted by Crippen LogP contribution is 2.12. The zero-order valence-corrected chi connectivity index (χ0v) is 11.8. The van der Waals surface area contributed by atoms with Crippen molar-refractivity contribution in [3.63, 3.8) is 0 Å². The number of amides is 3. The van der Waals surface area contributed by atoms with Crippen molar-refractivity contribution in [2.75, 3.05) is 33.8 Å². The zero-order chi connectivity index (χ0) is 15.1. The minimum atomic E-state index is -0.866. The molecule has 0 radical (unpaired) electrons. The minimum absolute atomic E-state index is 0.0458. The lowest BCUT2D eigenvalue weighted by Crippen LogP contribution is -2.43. The molecule has 0 aromatic heterocycles. The molecule has 0 saturated carbocycles. The van der Waals surface area contributed by atoms with Gasteiger partial charge in [0.15, 0.2) is 0 Å². The van der Waals surface area contributed by atoms with E-state index in [1.165, 1.54) is 12.0 Å². The van der Waals surface area contributed by atoms with Crippen LogP contribution in [-0.2, 0) is 9.53 Å². The van der Waals surface area contributed by atoms with Gasteiger partial charge < -0.3 is 25.0 Å². The third-order valence-electron chi connectivity index (χ3n) is 3.18. The van der Waals surface area contributed by atoms with Crippen molar-refractivity contribution >= 4 is 18.1 Å². The molecule has 20 heavy (non-hydrogen) atoms. The predicted octanol–water partition coefficient (Wildman–Crippen LogP) is 0.333. The third-order valence-corrected chi connectivity index (χ3v) is 3.18. The molecular weight excluding hydrogens is 266 g/mol. The molecule has 1 aliphatic heterocycles. The summed E-state index contributed by atoms with van der Waals surface area (Å²) in [5.41, 5.74) is 0. The third kappa shape index (κ3) is 4.94. The Labute approximate surface area is 117 Å². The van der Waals surface area contributed by atoms with Gasteiger partial charge in [-0.1, -0.05) is 0 Å². The maximum Gasteiger partial charge on any atom is 0.407 e. The monoisotopic (exact) mass is 287 g/mol. The number of rotatable bonds is 5. The molecule has 2 N–H and O–H groups in total. The normalized spacial score (nSPS) is 17.7. The Bertz CT molecular complexity index is 374. The number of carbonyl (C=O) groups is 3. The van der Waals surface area contributed by atoms with Crippen LogP contribution in [0.15, 0.2) is 0 Å². The smallest absolute Gasteiger partial charge is 0.407 e. The molecule has 0 aliphatic carbocycles. The molecular formula is C12H21N3O5. The summed E-state index contributed by atoms with van der Waals surface area (Å²) in [7, 11) is 2.94. The molecule has 1 unspecified atom stereocenters. The van der Waals surface area contributed by atoms with Gasteiger partial charge in [0.25, 0.3) is 0 Å². The number of nitrogens with one attached hydrogen (secondary N) is 1. The van der Waals surface area contributed by atoms with Gasteiger partial charge in [-0.15, -0.1) is 0 Å². The Kier molecular flexibility index (Phi) is 6.08. The average Bonchev–Trinajstić information content (AvgIpc) is 2.85. The van der Waals surface area contributed by atoms with Crippen molar-refractivity contribution in [2.24, 2.45) is 0 Å². The fraction of sp³-hybridized carbons (Fsp3) is 0.750. The molecule has 114 valence electrons. The summed E-state index contributed by atoms with van der Waals surface area (Å²) in [6.07, 6.45) is 0.655. The number of urea groups is 1. The molecule has 1 fully saturated rings. The molecule has 0 aromatic rings. The Morgan fingerprint density at radius 2 is 2.15 bits per heavy atom. The molecule has 8 nitrogen and oxygen atoms in total. The number of hydrogen-bond acceptors (Lipinski definition) is 4. The molecule has 1 atom stereocenters. The molecule has 0 spiro atoms. The van der Waals surface area contributed by atoms with Crippen LogP contribution in [0.25, 0.3) is 0 Å². The second-order valence-corrected chi connectivity index (χ2v) is 4.77. The fourth-order valence-corrected chi connectivity index (χ4v) is 2.08. The highest BCUT2D eigenvalue weighted by atomic mass is 16.5. The lowest BCUT2D eigenvalue weighted by atomic mass is 10.3. The van der Waals surface area contributed by atoms with Gasteiger partial charge in [-0.3, -0.25) is 4.79 Å². The second kappa shape index (κ2) is 7.56. The highest BCUT2D eigenvalue weighted by Gasteiger charge is 2.29. The van der Waals surface area contributed by atoms with Crippen LogP contribution in [-0.4, -0.2) is 72.8 Å². The summed E-state index contributed by atoms with van der Waals surface area (Å²) < 4.78 is 4.51. The number of carboxylic acid groups (broad SMARTS) is 1. The van der Waals surface area contributed by atoms with Crippen molar-refractivity contribution in [3.8, 4) is 0 Å². The van der Waals surface area contributed by atoms with Crippen LogP contribution in [0.4, 0.5) is 9.59 Å². The van der Waals surface area contributed by atoms with Gasteiger partial charge in [0, 0.05) is 33.1 Å². The number of methoxy groups -OCH3 is 1. The molecule has 1 heterocycles. The van der Waals surface area contributed by atoms with Crippen molar-refractivity contribution in [2.45, 2.75) is 25.3 Å². The van der Waals surface area contributed by atoms with Gasteiger partial charge in [0.1, 0.15) is 0 Å². The van der Waals surface area contributed by atoms with Crippen LogP contribution in [0.2, 0.25) is 0 Å². The first kappa shape index (κ1) is 16.1. The number of carbonyl (C=O) groups excluding carboxylic acids is 2. The quantitative estimate of drug-likeness (QED) is 0.759. The fourth-order valence-electron chi connectivity index (χ4n) is 2.08. The van der Waals surface area contributed by atoms with Crippen molar-refractivity contribution < 1.29 is 24.2 Å². The molecule has 1 saturated heterocycles. The van der Waals surface area contributed by atoms with E-state index in [0.29, 0.717) is 32.5 Å². The largest absolute Gasteiger partial charge is 0.481 e. The van der Waals surface area contributed by atoms with Crippen LogP contribution >= 0.6 is 0 Å². The Morgan fingerprint density at radius 1 is 1.45 bits per heavy atom. The SMILES string of the molecule is COC(=O)NC1CCN(C(=O)N(C)CCCC(=O)O)C1. The van der Waals surface area contributed by atoms with Gasteiger partial charge in [-0.2, -0.15) is 0 Å². The van der Waals surface area contributed by atoms with Gasteiger partial charge >= 0.3 is 18.1 Å². The summed E-state index contributed by atoms with van der Waals surface area (Å²) in [5.74, 6) is -0.866. The first-order valence-electron chi connectivity index (χ1n) is 6.50. The molecule has 3 amide bonds. The van der Waals surface area contributed by atoms with E-state index in [-0.39, 0.29) is 18.5 Å². The summed E-state index contributed by atoms with van der Waals surface area (Å²) in [6, 6.07) is -0.247. The number of hydrogen-bond donors (Lipinski definition) is 2. The Morgan fingerprint density at radius 3 is 2.75 bits per heavy atom. The second-order valence-electron chi connectivity index (χ2n) is 4.77. The lowest BCUT2D eigenvalue weighted by Gasteiger charge is -2.24. The lowest BCUT2D eigenvalue weighted by molar-refractivity contribution is -0.137. The molecule has 8 heteroatoms. The minimum Gasteiger partial charge on any atom is -0.481 e. The number of aliphatic carboxylic acids is 1. The summed E-state index contributed by atoms with van der Waals surface area (Å²) in [6.45, 7) is 1.41. The van der Waals surface area contributed by atoms with Crippen molar-refractivity contribution in [1.82, 2.24) is 15.1 Å². The van der Waals surface area contributed by atoms with E-state index >= 15 is 0 Å². The number of nitrogens with zero attached hydrogens (tertiary/aromatic N) is 2. The van der Waals surface area contributed by atoms with Crippen LogP contribution in [0.3, 0.4) is 0 Å². The van der Waals surface area contributed by atoms with Gasteiger partial charge in [-0.25, -0.2) is 9.59 Å². The molecule has 0 aromatic carbocycles. The van der Waals surface area contributed by atoms with Crippen LogP contribution in [0.1, 0.15) is 19.3 Å². The highest BCUT2D eigenvalue weighted by molar-refractivity contribution is 5.75. The standard InChI is InChI=1S/C12H21N3O5/c1-14(6-3-4-10(16)17)12(19)15-7-5-9(8-15)13-11(18)20-2/h9H,3-8H2,1-2H3,(H,13,18)(H,16,17). The summed E-state index contributed by atoms with van der Waals surface area (Å²) in [5, 5.41) is 11.2. The zero-order valence-electron chi connectivity index (χ0n) is 11.8. The molecule has 1 aliphatic rings. The van der Waals surface area contributed by atoms with Crippen molar-refractivity contribution in [3.05, 3.63) is 0 Å². The Balaban J connectivity index is 2.33. The van der Waals surface area contributed by atoms with Gasteiger partial charge in [-0.05, 0) is 12.8 Å². The first-order chi connectivity index (χ1) is 9.43. The average molecular weight is 287 g/mol. The number of alkyl carbamates (subject to hydrolysis) is 1. The van der Waals surface area contributed by atoms with Gasteiger partial charge in [0.2, 0.25) is 0 Å². The predicted molar refractivity (Wildman–Crippen MR) is 70.4 cm³/mol. The topological polar surface area (TPSA) is 99.2 Å². The van der Waals surface area contributed by atoms with E-state index in [1.54, 1.807) is 11.9 Å². The number of ether oxygens (including phenoxy) is 1. The van der Waals surface area contributed by atoms with E-state index < -0.39 is 12.1 Å². The van der Waals surface area contributed by atoms with Crippen LogP contribution in [0, 0.1) is 0 Å². The van der Waals surface area contributed by atoms with E-state index in [0.717, 1.165) is 0 Å². The molecule has 0 bridgehead atoms.